The van der Waals surface area contributed by atoms with Crippen LogP contribution in [0.5, 0.6) is 0 Å². The smallest absolute Gasteiger partial charge is 0.150 e. The molecule has 3 rings (SSSR count). The van der Waals surface area contributed by atoms with Gasteiger partial charge in [-0.3, -0.25) is 0 Å². The van der Waals surface area contributed by atoms with Crippen LogP contribution in [-0.4, -0.2) is 15.7 Å². The second-order valence-corrected chi connectivity index (χ2v) is 7.03. The Hall–Kier alpha value is -2.69. The fourth-order valence-corrected chi connectivity index (χ4v) is 3.67. The van der Waals surface area contributed by atoms with E-state index in [4.69, 9.17) is 11.1 Å². The van der Waals surface area contributed by atoms with Crippen molar-refractivity contribution < 1.29 is 0 Å². The molecule has 4 N–H and O–H groups in total. The number of nitrogens with one attached hydrogen (secondary N) is 2. The molecule has 0 spiro atoms. The van der Waals surface area contributed by atoms with Gasteiger partial charge in [0.15, 0.2) is 5.82 Å². The molecule has 2 aromatic rings. The van der Waals surface area contributed by atoms with Gasteiger partial charge in [-0.25, -0.2) is 9.97 Å². The summed E-state index contributed by atoms with van der Waals surface area (Å²) in [6.07, 6.45) is 9.75. The average molecular weight is 349 g/mol. The Morgan fingerprint density at radius 2 is 1.92 bits per heavy atom. The van der Waals surface area contributed by atoms with Gasteiger partial charge in [-0.1, -0.05) is 31.9 Å². The first-order valence-corrected chi connectivity index (χ1v) is 9.24. The van der Waals surface area contributed by atoms with Gasteiger partial charge in [-0.15, -0.1) is 0 Å². The van der Waals surface area contributed by atoms with Gasteiger partial charge >= 0.3 is 0 Å². The Labute approximate surface area is 155 Å². The molecule has 136 valence electrons. The third-order valence-corrected chi connectivity index (χ3v) is 5.12. The lowest BCUT2D eigenvalue weighted by Gasteiger charge is -2.31. The predicted molar refractivity (Wildman–Crippen MR) is 107 cm³/mol. The van der Waals surface area contributed by atoms with E-state index in [1.165, 1.54) is 32.1 Å². The maximum Gasteiger partial charge on any atom is 0.150 e. The van der Waals surface area contributed by atoms with Gasteiger partial charge in [-0.2, -0.15) is 0 Å². The molecular weight excluding hydrogens is 322 g/mol. The summed E-state index contributed by atoms with van der Waals surface area (Å²) in [7, 11) is 0. The quantitative estimate of drug-likeness (QED) is 0.535. The van der Waals surface area contributed by atoms with Crippen molar-refractivity contribution in [2.75, 3.05) is 5.73 Å². The van der Waals surface area contributed by atoms with Gasteiger partial charge < -0.3 is 16.5 Å². The Bertz CT molecular complexity index is 778. The summed E-state index contributed by atoms with van der Waals surface area (Å²) in [5.74, 6) is 1.32. The first-order valence-electron chi connectivity index (χ1n) is 9.24. The van der Waals surface area contributed by atoms with Gasteiger partial charge in [0.25, 0.3) is 0 Å². The highest BCUT2D eigenvalue weighted by Crippen LogP contribution is 2.34. The molecular formula is C21H27N5. The number of nitrogens with zero attached hydrogens (tertiary/aromatic N) is 2. The van der Waals surface area contributed by atoms with Crippen molar-refractivity contribution in [3.05, 3.63) is 60.2 Å². The van der Waals surface area contributed by atoms with Crippen LogP contribution in [0.4, 0.5) is 5.69 Å². The zero-order valence-corrected chi connectivity index (χ0v) is 15.3. The highest BCUT2D eigenvalue weighted by Gasteiger charge is 2.27. The molecule has 0 bridgehead atoms. The third kappa shape index (κ3) is 4.10. The summed E-state index contributed by atoms with van der Waals surface area (Å²) < 4.78 is 0. The maximum absolute atomic E-state index is 7.90. The van der Waals surface area contributed by atoms with Gasteiger partial charge in [0.2, 0.25) is 0 Å². The fraction of sp³-hybridized carbons (Fsp3) is 0.381. The molecule has 1 atom stereocenters. The summed E-state index contributed by atoms with van der Waals surface area (Å²) >= 11 is 0. The molecule has 1 aromatic carbocycles. The normalized spacial score (nSPS) is 16.0. The van der Waals surface area contributed by atoms with E-state index in [0.29, 0.717) is 17.3 Å². The minimum absolute atomic E-state index is 0.0473. The molecule has 1 unspecified atom stereocenters. The van der Waals surface area contributed by atoms with Crippen LogP contribution in [0.2, 0.25) is 0 Å². The lowest BCUT2D eigenvalue weighted by molar-refractivity contribution is 0.282. The largest absolute Gasteiger partial charge is 0.398 e. The number of rotatable bonds is 6. The van der Waals surface area contributed by atoms with Crippen LogP contribution < -0.4 is 11.1 Å². The van der Waals surface area contributed by atoms with Crippen LogP contribution in [0.15, 0.2) is 43.2 Å². The van der Waals surface area contributed by atoms with Gasteiger partial charge in [0.1, 0.15) is 0 Å². The molecule has 0 amide bonds. The molecule has 0 saturated heterocycles. The summed E-state index contributed by atoms with van der Waals surface area (Å²) in [5.41, 5.74) is 9.56. The first kappa shape index (κ1) is 18.1. The number of nitrogens with two attached hydrogens (primary N) is 1. The summed E-state index contributed by atoms with van der Waals surface area (Å²) in [6.45, 7) is 5.98. The highest BCUT2D eigenvalue weighted by atomic mass is 15.0. The van der Waals surface area contributed by atoms with Crippen molar-refractivity contribution in [3.8, 4) is 0 Å². The zero-order chi connectivity index (χ0) is 18.5. The fourth-order valence-electron chi connectivity index (χ4n) is 3.67. The number of hydrogen-bond donors (Lipinski definition) is 3. The minimum atomic E-state index is 0.0473. The van der Waals surface area contributed by atoms with Crippen LogP contribution in [-0.2, 0) is 0 Å². The van der Waals surface area contributed by atoms with Gasteiger partial charge in [0.05, 0.1) is 6.04 Å². The van der Waals surface area contributed by atoms with Crippen LogP contribution >= 0.6 is 0 Å². The second-order valence-electron chi connectivity index (χ2n) is 7.03. The minimum Gasteiger partial charge on any atom is -0.398 e. The molecule has 1 heterocycles. The van der Waals surface area contributed by atoms with Gasteiger partial charge in [-0.05, 0) is 49.4 Å². The van der Waals surface area contributed by atoms with E-state index in [0.717, 1.165) is 22.6 Å². The van der Waals surface area contributed by atoms with E-state index in [2.05, 4.69) is 21.9 Å². The SMILES string of the molecule is C=C(NC(c1ncccn1)C1CCCCC1)c1ccc(N)c(C(C)=N)c1. The molecule has 1 aromatic heterocycles. The maximum atomic E-state index is 7.90. The van der Waals surface area contributed by atoms with Crippen molar-refractivity contribution in [1.82, 2.24) is 15.3 Å². The summed E-state index contributed by atoms with van der Waals surface area (Å²) in [6, 6.07) is 7.60. The Kier molecular flexibility index (Phi) is 5.66. The van der Waals surface area contributed by atoms with E-state index in [-0.39, 0.29) is 6.04 Å². The number of aromatic nitrogens is 2. The molecule has 5 heteroatoms. The van der Waals surface area contributed by atoms with Crippen molar-refractivity contribution in [1.29, 1.82) is 5.41 Å². The topological polar surface area (TPSA) is 87.7 Å². The lowest BCUT2D eigenvalue weighted by atomic mass is 9.83. The number of hydrogen-bond acceptors (Lipinski definition) is 5. The first-order chi connectivity index (χ1) is 12.6. The van der Waals surface area contributed by atoms with E-state index < -0.39 is 0 Å². The van der Waals surface area contributed by atoms with Crippen molar-refractivity contribution in [3.63, 3.8) is 0 Å². The predicted octanol–water partition coefficient (Wildman–Crippen LogP) is 4.33. The Morgan fingerprint density at radius 1 is 1.23 bits per heavy atom. The number of benzene rings is 1. The lowest BCUT2D eigenvalue weighted by Crippen LogP contribution is -2.30. The molecule has 5 nitrogen and oxygen atoms in total. The molecule has 1 aliphatic carbocycles. The monoisotopic (exact) mass is 349 g/mol. The van der Waals surface area contributed by atoms with Gasteiger partial charge in [0, 0.05) is 35.1 Å². The Morgan fingerprint density at radius 3 is 2.58 bits per heavy atom. The van der Waals surface area contributed by atoms with E-state index in [1.807, 2.05) is 24.3 Å². The average Bonchev–Trinajstić information content (AvgIpc) is 2.67. The summed E-state index contributed by atoms with van der Waals surface area (Å²) in [4.78, 5) is 8.98. The third-order valence-electron chi connectivity index (χ3n) is 5.12. The molecule has 0 aliphatic heterocycles. The van der Waals surface area contributed by atoms with Crippen LogP contribution in [0.1, 0.15) is 62.0 Å². The highest BCUT2D eigenvalue weighted by molar-refractivity contribution is 6.01. The van der Waals surface area contributed by atoms with E-state index >= 15 is 0 Å². The standard InChI is InChI=1S/C21H27N5/c1-14(22)18-13-17(9-10-19(18)23)15(2)26-20(16-7-4-3-5-8-16)21-24-11-6-12-25-21/h6,9-13,16,20,22,26H,2-5,7-8,23H2,1H3. The van der Waals surface area contributed by atoms with E-state index in [9.17, 15) is 0 Å². The van der Waals surface area contributed by atoms with Crippen LogP contribution in [0, 0.1) is 11.3 Å². The van der Waals surface area contributed by atoms with Crippen molar-refractivity contribution >= 4 is 17.1 Å². The zero-order valence-electron chi connectivity index (χ0n) is 15.3. The molecule has 1 fully saturated rings. The molecule has 0 radical (unpaired) electrons. The molecule has 26 heavy (non-hydrogen) atoms. The van der Waals surface area contributed by atoms with E-state index in [1.54, 1.807) is 19.3 Å². The number of anilines is 1. The molecule has 1 saturated carbocycles. The van der Waals surface area contributed by atoms with Crippen molar-refractivity contribution in [2.24, 2.45) is 5.92 Å². The molecule has 1 aliphatic rings. The number of nitrogen functional groups attached to an aromatic ring is 1. The Balaban J connectivity index is 1.85. The summed E-state index contributed by atoms with van der Waals surface area (Å²) in [5, 5.41) is 11.5. The van der Waals surface area contributed by atoms with Crippen LogP contribution in [0.3, 0.4) is 0 Å². The van der Waals surface area contributed by atoms with Crippen LogP contribution in [0.25, 0.3) is 5.70 Å². The van der Waals surface area contributed by atoms with Crippen molar-refractivity contribution in [2.45, 2.75) is 45.1 Å². The second kappa shape index (κ2) is 8.13.